The maximum Gasteiger partial charge on any atom is 0.328 e. The third-order valence-corrected chi connectivity index (χ3v) is 7.27. The van der Waals surface area contributed by atoms with Crippen molar-refractivity contribution < 1.29 is 8.42 Å². The fourth-order valence-corrected chi connectivity index (χ4v) is 5.36. The Hall–Kier alpha value is -2.13. The smallest absolute Gasteiger partial charge is 0.326 e. The molecule has 1 aliphatic heterocycles. The summed E-state index contributed by atoms with van der Waals surface area (Å²) in [5, 5.41) is 0. The Bertz CT molecular complexity index is 1170. The van der Waals surface area contributed by atoms with Gasteiger partial charge >= 0.3 is 5.69 Å². The summed E-state index contributed by atoms with van der Waals surface area (Å²) in [6.45, 7) is 0.618. The highest BCUT2D eigenvalue weighted by molar-refractivity contribution is 7.89. The van der Waals surface area contributed by atoms with Crippen LogP contribution in [-0.4, -0.2) is 41.0 Å². The van der Waals surface area contributed by atoms with Gasteiger partial charge in [-0.15, -0.1) is 12.4 Å². The van der Waals surface area contributed by atoms with Crippen molar-refractivity contribution in [1.82, 2.24) is 13.4 Å². The van der Waals surface area contributed by atoms with Crippen LogP contribution in [0.4, 0.5) is 0 Å². The molecule has 2 aromatic carbocycles. The van der Waals surface area contributed by atoms with Crippen LogP contribution in [-0.2, 0) is 24.1 Å². The molecule has 0 unspecified atom stereocenters. The molecule has 0 aliphatic carbocycles. The highest BCUT2D eigenvalue weighted by atomic mass is 35.5. The SMILES string of the molecule is Cl.Cn1c(=O)n(C)c2cc(S(=O)(=O)N3C[C@@H](N)[C@H](c4ccccc4)C3)ccc21. The van der Waals surface area contributed by atoms with E-state index < -0.39 is 10.0 Å². The summed E-state index contributed by atoms with van der Waals surface area (Å²) in [4.78, 5) is 12.3. The first-order chi connectivity index (χ1) is 12.8. The van der Waals surface area contributed by atoms with Crippen LogP contribution in [0.1, 0.15) is 11.5 Å². The lowest BCUT2D eigenvalue weighted by Gasteiger charge is -2.17. The van der Waals surface area contributed by atoms with Gasteiger partial charge in [0.05, 0.1) is 15.9 Å². The fourth-order valence-electron chi connectivity index (χ4n) is 3.84. The Labute approximate surface area is 169 Å². The van der Waals surface area contributed by atoms with E-state index in [2.05, 4.69) is 0 Å². The molecule has 1 saturated heterocycles. The lowest BCUT2D eigenvalue weighted by molar-refractivity contribution is 0.470. The molecule has 0 amide bonds. The van der Waals surface area contributed by atoms with Gasteiger partial charge in [-0.1, -0.05) is 30.3 Å². The van der Waals surface area contributed by atoms with Crippen LogP contribution in [0.3, 0.4) is 0 Å². The predicted octanol–water partition coefficient (Wildman–Crippen LogP) is 1.41. The van der Waals surface area contributed by atoms with Crippen molar-refractivity contribution in [2.24, 2.45) is 19.8 Å². The lowest BCUT2D eigenvalue weighted by atomic mass is 9.95. The third kappa shape index (κ3) is 3.16. The summed E-state index contributed by atoms with van der Waals surface area (Å²) >= 11 is 0. The van der Waals surface area contributed by atoms with Gasteiger partial charge < -0.3 is 5.73 Å². The number of hydrogen-bond donors (Lipinski definition) is 1. The first-order valence-electron chi connectivity index (χ1n) is 8.77. The standard InChI is InChI=1S/C19H22N4O3S.ClH/c1-21-17-9-8-14(10-18(17)22(2)19(21)24)27(25,26)23-11-15(16(20)12-23)13-6-4-3-5-7-13;/h3-10,15-16H,11-12,20H2,1-2H3;1H/t15-,16+;/m0./s1. The van der Waals surface area contributed by atoms with Crippen molar-refractivity contribution in [2.45, 2.75) is 16.9 Å². The van der Waals surface area contributed by atoms with Crippen LogP contribution < -0.4 is 11.4 Å². The van der Waals surface area contributed by atoms with Gasteiger partial charge in [0.1, 0.15) is 0 Å². The summed E-state index contributed by atoms with van der Waals surface area (Å²) in [6, 6.07) is 14.3. The molecule has 2 heterocycles. The van der Waals surface area contributed by atoms with Gasteiger partial charge in [0.15, 0.2) is 0 Å². The maximum atomic E-state index is 13.2. The van der Waals surface area contributed by atoms with Gasteiger partial charge in [0, 0.05) is 39.1 Å². The van der Waals surface area contributed by atoms with E-state index in [1.165, 1.54) is 13.4 Å². The van der Waals surface area contributed by atoms with E-state index in [-0.39, 0.29) is 41.5 Å². The zero-order valence-electron chi connectivity index (χ0n) is 15.6. The number of fused-ring (bicyclic) bond motifs is 1. The monoisotopic (exact) mass is 422 g/mol. The van der Waals surface area contributed by atoms with Crippen LogP contribution in [0.25, 0.3) is 11.0 Å². The number of hydrogen-bond acceptors (Lipinski definition) is 4. The Morgan fingerprint density at radius 2 is 1.61 bits per heavy atom. The first-order valence-corrected chi connectivity index (χ1v) is 10.2. The number of nitrogens with zero attached hydrogens (tertiary/aromatic N) is 3. The predicted molar refractivity (Wildman–Crippen MR) is 111 cm³/mol. The van der Waals surface area contributed by atoms with Gasteiger partial charge in [0.2, 0.25) is 10.0 Å². The number of benzene rings is 2. The zero-order chi connectivity index (χ0) is 19.3. The molecule has 7 nitrogen and oxygen atoms in total. The molecule has 1 aliphatic rings. The molecule has 2 N–H and O–H groups in total. The molecule has 2 atom stereocenters. The third-order valence-electron chi connectivity index (χ3n) is 5.44. The average molecular weight is 423 g/mol. The molecule has 4 rings (SSSR count). The molecule has 3 aromatic rings. The Balaban J connectivity index is 0.00000225. The summed E-state index contributed by atoms with van der Waals surface area (Å²) in [5.41, 5.74) is 8.40. The van der Waals surface area contributed by atoms with Crippen LogP contribution in [0.2, 0.25) is 0 Å². The van der Waals surface area contributed by atoms with E-state index in [0.717, 1.165) is 5.56 Å². The Kier molecular flexibility index (Phi) is 5.42. The van der Waals surface area contributed by atoms with Gasteiger partial charge in [-0.25, -0.2) is 13.2 Å². The minimum Gasteiger partial charge on any atom is -0.326 e. The quantitative estimate of drug-likeness (QED) is 0.691. The van der Waals surface area contributed by atoms with E-state index in [1.54, 1.807) is 32.3 Å². The lowest BCUT2D eigenvalue weighted by Crippen LogP contribution is -2.32. The van der Waals surface area contributed by atoms with Crippen LogP contribution in [0, 0.1) is 0 Å². The topological polar surface area (TPSA) is 90.3 Å². The summed E-state index contributed by atoms with van der Waals surface area (Å²) in [7, 11) is -0.389. The van der Waals surface area contributed by atoms with Crippen LogP contribution >= 0.6 is 12.4 Å². The minimum absolute atomic E-state index is 0. The molecule has 1 aromatic heterocycles. The van der Waals surface area contributed by atoms with Crippen molar-refractivity contribution in [3.8, 4) is 0 Å². The molecule has 0 radical (unpaired) electrons. The summed E-state index contributed by atoms with van der Waals surface area (Å²) < 4.78 is 30.8. The van der Waals surface area contributed by atoms with E-state index in [9.17, 15) is 13.2 Å². The van der Waals surface area contributed by atoms with Gasteiger partial charge in [-0.2, -0.15) is 4.31 Å². The average Bonchev–Trinajstić information content (AvgIpc) is 3.17. The highest BCUT2D eigenvalue weighted by Crippen LogP contribution is 2.31. The molecular weight excluding hydrogens is 400 g/mol. The second-order valence-corrected chi connectivity index (χ2v) is 8.99. The van der Waals surface area contributed by atoms with Gasteiger partial charge in [0.25, 0.3) is 0 Å². The molecule has 150 valence electrons. The Morgan fingerprint density at radius 3 is 2.29 bits per heavy atom. The van der Waals surface area contributed by atoms with Crippen molar-refractivity contribution in [3.63, 3.8) is 0 Å². The summed E-state index contributed by atoms with van der Waals surface area (Å²) in [6.07, 6.45) is 0. The minimum atomic E-state index is -3.70. The molecule has 1 fully saturated rings. The van der Waals surface area contributed by atoms with Crippen molar-refractivity contribution in [1.29, 1.82) is 0 Å². The molecule has 0 spiro atoms. The van der Waals surface area contributed by atoms with E-state index in [1.807, 2.05) is 30.3 Å². The maximum absolute atomic E-state index is 13.2. The number of halogens is 1. The molecule has 0 bridgehead atoms. The largest absolute Gasteiger partial charge is 0.328 e. The van der Waals surface area contributed by atoms with Crippen molar-refractivity contribution >= 4 is 33.5 Å². The highest BCUT2D eigenvalue weighted by Gasteiger charge is 2.38. The van der Waals surface area contributed by atoms with Crippen molar-refractivity contribution in [3.05, 3.63) is 64.6 Å². The van der Waals surface area contributed by atoms with Gasteiger partial charge in [-0.3, -0.25) is 9.13 Å². The number of aryl methyl sites for hydroxylation is 2. The zero-order valence-corrected chi connectivity index (χ0v) is 17.3. The normalized spacial score (nSPS) is 20.4. The van der Waals surface area contributed by atoms with Crippen LogP contribution in [0.15, 0.2) is 58.2 Å². The second kappa shape index (κ2) is 7.36. The number of rotatable bonds is 3. The Morgan fingerprint density at radius 1 is 0.964 bits per heavy atom. The molecular formula is C19H23ClN4O3S. The first kappa shape index (κ1) is 20.6. The molecule has 9 heteroatoms. The van der Waals surface area contributed by atoms with E-state index in [4.69, 9.17) is 5.73 Å². The van der Waals surface area contributed by atoms with Crippen LogP contribution in [0.5, 0.6) is 0 Å². The van der Waals surface area contributed by atoms with E-state index >= 15 is 0 Å². The molecule has 0 saturated carbocycles. The fraction of sp³-hybridized carbons (Fsp3) is 0.316. The summed E-state index contributed by atoms with van der Waals surface area (Å²) in [5.74, 6) is -0.0363. The van der Waals surface area contributed by atoms with Gasteiger partial charge in [-0.05, 0) is 23.8 Å². The second-order valence-electron chi connectivity index (χ2n) is 7.05. The van der Waals surface area contributed by atoms with E-state index in [0.29, 0.717) is 17.6 Å². The number of aromatic nitrogens is 2. The van der Waals surface area contributed by atoms with Crippen molar-refractivity contribution in [2.75, 3.05) is 13.1 Å². The number of imidazole rings is 1. The number of nitrogens with two attached hydrogens (primary N) is 1. The number of sulfonamides is 1. The molecule has 28 heavy (non-hydrogen) atoms.